The van der Waals surface area contributed by atoms with Gasteiger partial charge in [-0.25, -0.2) is 9.69 Å². The fourth-order valence-corrected chi connectivity index (χ4v) is 2.98. The van der Waals surface area contributed by atoms with Crippen molar-refractivity contribution >= 4 is 40.8 Å². The third-order valence-corrected chi connectivity index (χ3v) is 4.68. The Kier molecular flexibility index (Phi) is 4.11. The van der Waals surface area contributed by atoms with Crippen molar-refractivity contribution in [3.8, 4) is 0 Å². The number of nitrogens with zero attached hydrogens (tertiary/aromatic N) is 3. The van der Waals surface area contributed by atoms with E-state index >= 15 is 0 Å². The third kappa shape index (κ3) is 2.48. The van der Waals surface area contributed by atoms with Gasteiger partial charge in [-0.1, -0.05) is 29.3 Å². The molecule has 1 atom stereocenters. The van der Waals surface area contributed by atoms with Crippen molar-refractivity contribution in [2.24, 2.45) is 7.05 Å². The van der Waals surface area contributed by atoms with E-state index < -0.39 is 23.5 Å². The summed E-state index contributed by atoms with van der Waals surface area (Å²) in [5.41, 5.74) is 0.118. The summed E-state index contributed by atoms with van der Waals surface area (Å²) < 4.78 is 1.31. The molecular formula is C16H13Cl2N3O3. The molecule has 6 nitrogen and oxygen atoms in total. The van der Waals surface area contributed by atoms with Crippen molar-refractivity contribution in [1.82, 2.24) is 9.47 Å². The number of aromatic nitrogens is 1. The zero-order valence-corrected chi connectivity index (χ0v) is 14.4. The molecule has 0 bridgehead atoms. The Bertz CT molecular complexity index is 910. The Balaban J connectivity index is 2.08. The monoisotopic (exact) mass is 365 g/mol. The van der Waals surface area contributed by atoms with Crippen LogP contribution in [0.3, 0.4) is 0 Å². The normalized spacial score (nSPS) is 17.8. The second kappa shape index (κ2) is 5.96. The van der Waals surface area contributed by atoms with Gasteiger partial charge in [0.05, 0.1) is 10.0 Å². The van der Waals surface area contributed by atoms with Crippen molar-refractivity contribution < 1.29 is 9.59 Å². The van der Waals surface area contributed by atoms with Crippen molar-refractivity contribution in [3.05, 3.63) is 62.5 Å². The van der Waals surface area contributed by atoms with E-state index in [-0.39, 0.29) is 10.7 Å². The molecule has 1 aliphatic rings. The van der Waals surface area contributed by atoms with Crippen LogP contribution in [-0.4, -0.2) is 28.5 Å². The quantitative estimate of drug-likeness (QED) is 0.768. The van der Waals surface area contributed by atoms with E-state index in [1.807, 2.05) is 0 Å². The molecule has 3 amide bonds. The first-order chi connectivity index (χ1) is 11.3. The molecular weight excluding hydrogens is 353 g/mol. The lowest BCUT2D eigenvalue weighted by molar-refractivity contribution is -0.119. The molecule has 1 aliphatic heterocycles. The van der Waals surface area contributed by atoms with Crippen LogP contribution in [0, 0.1) is 0 Å². The number of urea groups is 1. The number of carbonyl (C=O) groups is 2. The van der Waals surface area contributed by atoms with E-state index in [0.717, 1.165) is 4.90 Å². The first-order valence-corrected chi connectivity index (χ1v) is 7.80. The van der Waals surface area contributed by atoms with Crippen LogP contribution in [0.5, 0.6) is 0 Å². The summed E-state index contributed by atoms with van der Waals surface area (Å²) in [5.74, 6) is -0.510. The van der Waals surface area contributed by atoms with Gasteiger partial charge < -0.3 is 9.47 Å². The second-order valence-electron chi connectivity index (χ2n) is 5.45. The lowest BCUT2D eigenvalue weighted by Crippen LogP contribution is -2.36. The number of carbonyl (C=O) groups excluding carboxylic acids is 2. The number of likely N-dealkylation sites (N-methyl/N-ethyl adjacent to an activating group) is 1. The number of hydrogen-bond acceptors (Lipinski definition) is 3. The predicted molar refractivity (Wildman–Crippen MR) is 91.5 cm³/mol. The lowest BCUT2D eigenvalue weighted by Gasteiger charge is -2.16. The molecule has 124 valence electrons. The van der Waals surface area contributed by atoms with Gasteiger partial charge in [-0.05, 0) is 29.8 Å². The summed E-state index contributed by atoms with van der Waals surface area (Å²) in [6.45, 7) is 0. The van der Waals surface area contributed by atoms with Crippen molar-refractivity contribution in [3.63, 3.8) is 0 Å². The zero-order valence-electron chi connectivity index (χ0n) is 12.9. The number of pyridine rings is 1. The van der Waals surface area contributed by atoms with Crippen LogP contribution in [0.15, 0.2) is 41.3 Å². The number of imide groups is 1. The van der Waals surface area contributed by atoms with E-state index in [0.29, 0.717) is 10.6 Å². The Labute approximate surface area is 147 Å². The van der Waals surface area contributed by atoms with E-state index in [9.17, 15) is 14.4 Å². The zero-order chi connectivity index (χ0) is 17.6. The average Bonchev–Trinajstić information content (AvgIpc) is 2.76. The maximum atomic E-state index is 12.8. The molecule has 0 N–H and O–H groups in total. The highest BCUT2D eigenvalue weighted by molar-refractivity contribution is 6.42. The van der Waals surface area contributed by atoms with Gasteiger partial charge in [0, 0.05) is 20.3 Å². The van der Waals surface area contributed by atoms with Gasteiger partial charge in [-0.3, -0.25) is 9.59 Å². The van der Waals surface area contributed by atoms with Crippen LogP contribution in [0.1, 0.15) is 11.6 Å². The van der Waals surface area contributed by atoms with Crippen LogP contribution in [0.25, 0.3) is 0 Å². The first-order valence-electron chi connectivity index (χ1n) is 7.04. The number of hydrogen-bond donors (Lipinski definition) is 0. The Morgan fingerprint density at radius 2 is 1.71 bits per heavy atom. The fourth-order valence-electron chi connectivity index (χ4n) is 2.67. The van der Waals surface area contributed by atoms with Crippen molar-refractivity contribution in [1.29, 1.82) is 0 Å². The van der Waals surface area contributed by atoms with E-state index in [2.05, 4.69) is 0 Å². The van der Waals surface area contributed by atoms with Crippen LogP contribution in [0.2, 0.25) is 10.0 Å². The summed E-state index contributed by atoms with van der Waals surface area (Å²) in [6, 6.07) is 6.36. The molecule has 2 heterocycles. The summed E-state index contributed by atoms with van der Waals surface area (Å²) in [5, 5.41) is 0.644. The number of rotatable bonds is 2. The minimum Gasteiger partial charge on any atom is -0.317 e. The summed E-state index contributed by atoms with van der Waals surface area (Å²) in [4.78, 5) is 39.8. The Morgan fingerprint density at radius 3 is 2.38 bits per heavy atom. The van der Waals surface area contributed by atoms with Gasteiger partial charge in [-0.15, -0.1) is 0 Å². The molecule has 1 fully saturated rings. The molecule has 0 radical (unpaired) electrons. The Hall–Kier alpha value is -2.31. The average molecular weight is 366 g/mol. The first kappa shape index (κ1) is 16.5. The number of amides is 3. The van der Waals surface area contributed by atoms with E-state index in [4.69, 9.17) is 23.2 Å². The molecule has 0 saturated carbocycles. The minimum absolute atomic E-state index is 0.0180. The van der Waals surface area contributed by atoms with E-state index in [1.54, 1.807) is 37.5 Å². The van der Waals surface area contributed by atoms with Crippen LogP contribution >= 0.6 is 23.2 Å². The molecule has 0 spiro atoms. The van der Waals surface area contributed by atoms with Gasteiger partial charge in [0.2, 0.25) is 0 Å². The molecule has 1 aromatic heterocycles. The molecule has 1 aromatic carbocycles. The lowest BCUT2D eigenvalue weighted by atomic mass is 10.1. The molecule has 24 heavy (non-hydrogen) atoms. The standard InChI is InChI=1S/C16H13Cl2N3O3/c1-19-7-3-4-12(14(19)22)21-15(23)13(20(2)16(21)24)9-5-6-10(17)11(18)8-9/h3-8,13H,1-2H3. The summed E-state index contributed by atoms with van der Waals surface area (Å²) in [6.07, 6.45) is 1.55. The summed E-state index contributed by atoms with van der Waals surface area (Å²) >= 11 is 11.9. The van der Waals surface area contributed by atoms with Gasteiger partial charge in [0.1, 0.15) is 11.7 Å². The molecule has 3 rings (SSSR count). The highest BCUT2D eigenvalue weighted by Gasteiger charge is 2.45. The predicted octanol–water partition coefficient (Wildman–Crippen LogP) is 2.83. The highest BCUT2D eigenvalue weighted by atomic mass is 35.5. The fraction of sp³-hybridized carbons (Fsp3) is 0.188. The van der Waals surface area contributed by atoms with Crippen molar-refractivity contribution in [2.45, 2.75) is 6.04 Å². The number of aryl methyl sites for hydroxylation is 1. The maximum Gasteiger partial charge on any atom is 0.332 e. The largest absolute Gasteiger partial charge is 0.332 e. The van der Waals surface area contributed by atoms with E-state index in [1.165, 1.54) is 22.6 Å². The SMILES string of the molecule is CN1C(=O)N(c2cccn(C)c2=O)C(=O)C1c1ccc(Cl)c(Cl)c1. The van der Waals surface area contributed by atoms with Gasteiger partial charge in [-0.2, -0.15) is 0 Å². The maximum absolute atomic E-state index is 12.8. The number of benzene rings is 1. The van der Waals surface area contributed by atoms with Crippen LogP contribution < -0.4 is 10.5 Å². The molecule has 0 aliphatic carbocycles. The van der Waals surface area contributed by atoms with Crippen molar-refractivity contribution in [2.75, 3.05) is 11.9 Å². The second-order valence-corrected chi connectivity index (χ2v) is 6.27. The molecule has 1 saturated heterocycles. The number of halogens is 2. The number of anilines is 1. The van der Waals surface area contributed by atoms with Crippen LogP contribution in [-0.2, 0) is 11.8 Å². The minimum atomic E-state index is -0.864. The molecule has 1 unspecified atom stereocenters. The molecule has 8 heteroatoms. The van der Waals surface area contributed by atoms with Crippen LogP contribution in [0.4, 0.5) is 10.5 Å². The summed E-state index contributed by atoms with van der Waals surface area (Å²) in [7, 11) is 3.05. The van der Waals surface area contributed by atoms with Gasteiger partial charge in [0.25, 0.3) is 11.5 Å². The Morgan fingerprint density at radius 1 is 1.00 bits per heavy atom. The van der Waals surface area contributed by atoms with Gasteiger partial charge >= 0.3 is 6.03 Å². The smallest absolute Gasteiger partial charge is 0.317 e. The molecule has 2 aromatic rings. The van der Waals surface area contributed by atoms with Gasteiger partial charge in [0.15, 0.2) is 0 Å². The topological polar surface area (TPSA) is 62.6 Å². The highest BCUT2D eigenvalue weighted by Crippen LogP contribution is 2.34. The third-order valence-electron chi connectivity index (χ3n) is 3.94.